The molecule has 0 bridgehead atoms. The lowest BCUT2D eigenvalue weighted by atomic mass is 9.92. The molecule has 6 aromatic carbocycles. The summed E-state index contributed by atoms with van der Waals surface area (Å²) in [5, 5.41) is 41.6. The smallest absolute Gasteiger partial charge is 0.300 e. The van der Waals surface area contributed by atoms with Crippen molar-refractivity contribution in [2.24, 2.45) is 0 Å². The molecule has 112 heavy (non-hydrogen) atoms. The van der Waals surface area contributed by atoms with Crippen LogP contribution in [-0.2, 0) is 72.5 Å². The van der Waals surface area contributed by atoms with Crippen LogP contribution in [0.2, 0.25) is 0 Å². The number of amides is 3. The van der Waals surface area contributed by atoms with Crippen LogP contribution in [0, 0.1) is 0 Å². The van der Waals surface area contributed by atoms with E-state index >= 15 is 0 Å². The van der Waals surface area contributed by atoms with Crippen LogP contribution in [-0.4, -0.2) is 143 Å². The number of carboxylic acid groups (broad SMARTS) is 1. The van der Waals surface area contributed by atoms with Crippen molar-refractivity contribution in [3.8, 4) is 17.2 Å². The summed E-state index contributed by atoms with van der Waals surface area (Å²) in [6.45, 7) is 23.0. The van der Waals surface area contributed by atoms with E-state index in [1.807, 2.05) is 162 Å². The summed E-state index contributed by atoms with van der Waals surface area (Å²) in [5.41, 5.74) is 10.8. The highest BCUT2D eigenvalue weighted by Gasteiger charge is 2.49. The van der Waals surface area contributed by atoms with Crippen molar-refractivity contribution in [1.82, 2.24) is 43.4 Å². The Hall–Kier alpha value is -12.1. The van der Waals surface area contributed by atoms with E-state index in [0.717, 1.165) is 76.8 Å². The van der Waals surface area contributed by atoms with Gasteiger partial charge in [-0.15, -0.1) is 0 Å². The lowest BCUT2D eigenvalue weighted by Gasteiger charge is -2.26. The molecule has 0 aliphatic carbocycles. The standard InChI is InChI=1S/3C29H31N3O4.C2H4O2/c3*1-18(2)20-5-7-21(8-6-20)26-25(27(33)22-9-10-24-23(16-22)15-19(3)36-24)28(34)29(35)32(26)13-4-12-31-14-11-30-17-31;1-2(3)4/h3*5-11,14,16-19,26,33H,4,12-13,15H2,1-3H3;1H3,(H,3,4). The molecule has 23 nitrogen and oxygen atoms in total. The van der Waals surface area contributed by atoms with E-state index in [1.165, 1.54) is 16.7 Å². The second-order valence-electron chi connectivity index (χ2n) is 30.3. The average molecular weight is 1520 g/mol. The van der Waals surface area contributed by atoms with Crippen LogP contribution in [0.25, 0.3) is 17.3 Å². The number of rotatable bonds is 21. The third-order valence-corrected chi connectivity index (χ3v) is 21.0. The van der Waals surface area contributed by atoms with Crippen LogP contribution in [0.5, 0.6) is 17.2 Å². The van der Waals surface area contributed by atoms with Gasteiger partial charge < -0.3 is 63.0 Å². The summed E-state index contributed by atoms with van der Waals surface area (Å²) in [6.07, 6.45) is 20.3. The number of hydrogen-bond acceptors (Lipinski definition) is 16. The van der Waals surface area contributed by atoms with Crippen molar-refractivity contribution in [2.45, 2.75) is 182 Å². The normalized spacial score (nSPS) is 20.2. The molecule has 3 fully saturated rings. The number of benzene rings is 6. The lowest BCUT2D eigenvalue weighted by molar-refractivity contribution is -0.140. The molecule has 0 spiro atoms. The number of aliphatic carboxylic acids is 1. The van der Waals surface area contributed by atoms with E-state index < -0.39 is 59.2 Å². The molecule has 3 aromatic heterocycles. The van der Waals surface area contributed by atoms with Gasteiger partial charge in [-0.2, -0.15) is 0 Å². The zero-order valence-corrected chi connectivity index (χ0v) is 64.9. The second kappa shape index (κ2) is 34.8. The number of aromatic nitrogens is 6. The minimum atomic E-state index is -0.833. The van der Waals surface area contributed by atoms with Gasteiger partial charge in [0.05, 0.1) is 53.8 Å². The number of aliphatic hydroxyl groups is 3. The van der Waals surface area contributed by atoms with Gasteiger partial charge in [0.1, 0.15) is 52.8 Å². The molecule has 0 saturated carbocycles. The highest BCUT2D eigenvalue weighted by molar-refractivity contribution is 6.48. The first-order chi connectivity index (χ1) is 53.7. The van der Waals surface area contributed by atoms with Gasteiger partial charge >= 0.3 is 0 Å². The molecular formula is C89H97N9O14. The highest BCUT2D eigenvalue weighted by atomic mass is 16.5. The minimum absolute atomic E-state index is 0.0675. The van der Waals surface area contributed by atoms with E-state index in [4.69, 9.17) is 24.1 Å². The van der Waals surface area contributed by atoms with Crippen molar-refractivity contribution >= 4 is 58.3 Å². The number of Topliss-reactive ketones (excluding diaryl/α,β-unsaturated/α-hetero) is 3. The average Bonchev–Trinajstić information content (AvgIpc) is 1.61. The fourth-order valence-electron chi connectivity index (χ4n) is 15.3. The molecule has 582 valence electrons. The van der Waals surface area contributed by atoms with E-state index in [0.29, 0.717) is 93.0 Å². The summed E-state index contributed by atoms with van der Waals surface area (Å²) >= 11 is 0. The van der Waals surface area contributed by atoms with Crippen LogP contribution < -0.4 is 14.2 Å². The molecule has 6 aliphatic rings. The quantitative estimate of drug-likeness (QED) is 0.0295. The molecule has 6 aliphatic heterocycles. The maximum absolute atomic E-state index is 13.3. The molecule has 6 unspecified atom stereocenters. The first-order valence-electron chi connectivity index (χ1n) is 38.3. The molecule has 9 heterocycles. The number of ketones is 3. The Balaban J connectivity index is 0.000000152. The molecule has 3 amide bonds. The van der Waals surface area contributed by atoms with Gasteiger partial charge in [-0.25, -0.2) is 15.0 Å². The van der Waals surface area contributed by atoms with Crippen LogP contribution in [0.1, 0.15) is 191 Å². The molecule has 15 rings (SSSR count). The number of carboxylic acids is 1. The Morgan fingerprint density at radius 1 is 0.393 bits per heavy atom. The van der Waals surface area contributed by atoms with E-state index in [2.05, 4.69) is 56.5 Å². The molecule has 9 aromatic rings. The number of hydrogen-bond donors (Lipinski definition) is 4. The number of nitrogens with zero attached hydrogens (tertiary/aromatic N) is 9. The molecule has 3 saturated heterocycles. The van der Waals surface area contributed by atoms with Crippen molar-refractivity contribution in [3.05, 3.63) is 267 Å². The maximum Gasteiger partial charge on any atom is 0.300 e. The van der Waals surface area contributed by atoms with Crippen LogP contribution >= 0.6 is 0 Å². The van der Waals surface area contributed by atoms with Crippen LogP contribution in [0.3, 0.4) is 0 Å². The number of fused-ring (bicyclic) bond motifs is 3. The summed E-state index contributed by atoms with van der Waals surface area (Å²) < 4.78 is 23.2. The van der Waals surface area contributed by atoms with Gasteiger partial charge in [-0.3, -0.25) is 33.6 Å². The van der Waals surface area contributed by atoms with Gasteiger partial charge in [0.15, 0.2) is 0 Å². The Bertz CT molecular complexity index is 4530. The summed E-state index contributed by atoms with van der Waals surface area (Å²) in [5.74, 6) is -1.55. The van der Waals surface area contributed by atoms with Crippen molar-refractivity contribution in [1.29, 1.82) is 0 Å². The molecule has 23 heteroatoms. The third-order valence-electron chi connectivity index (χ3n) is 21.0. The number of carbonyl (C=O) groups excluding carboxylic acids is 6. The topological polar surface area (TPSA) is 291 Å². The third kappa shape index (κ3) is 17.7. The van der Waals surface area contributed by atoms with E-state index in [9.17, 15) is 44.1 Å². The number of aliphatic hydroxyl groups excluding tert-OH is 3. The van der Waals surface area contributed by atoms with Crippen LogP contribution in [0.4, 0.5) is 0 Å². The van der Waals surface area contributed by atoms with Gasteiger partial charge in [0.25, 0.3) is 41.0 Å². The Morgan fingerprint density at radius 3 is 0.866 bits per heavy atom. The number of aryl methyl sites for hydroxylation is 3. The second-order valence-corrected chi connectivity index (χ2v) is 30.3. The fraction of sp³-hybridized carbons (Fsp3) is 0.348. The minimum Gasteiger partial charge on any atom is -0.507 e. The number of carbonyl (C=O) groups is 7. The zero-order valence-electron chi connectivity index (χ0n) is 64.9. The summed E-state index contributed by atoms with van der Waals surface area (Å²) in [4.78, 5) is 106. The SMILES string of the molecule is CC(=O)O.CC1Cc2cc(C(O)=C3C(=O)C(=O)N(CCCn4ccnc4)C3c3ccc(C(C)C)cc3)ccc2O1.CC1Cc2cc(C(O)=C3C(=O)C(=O)N(CCCn4ccnc4)C3c3ccc(C(C)C)cc3)ccc2O1.CC1Cc2cc(C(O)=C3C(=O)C(=O)N(CCCn4ccnc4)C3c3ccc(C(C)C)cc3)ccc2O1. The Kier molecular flexibility index (Phi) is 24.7. The highest BCUT2D eigenvalue weighted by Crippen LogP contribution is 2.45. The molecule has 0 radical (unpaired) electrons. The Morgan fingerprint density at radius 2 is 0.643 bits per heavy atom. The lowest BCUT2D eigenvalue weighted by Crippen LogP contribution is -2.31. The maximum atomic E-state index is 13.3. The first-order valence-corrected chi connectivity index (χ1v) is 38.3. The van der Waals surface area contributed by atoms with Gasteiger partial charge in [-0.05, 0) is 162 Å². The number of ether oxygens (including phenoxy) is 3. The molecule has 4 N–H and O–H groups in total. The Labute approximate surface area is 652 Å². The zero-order chi connectivity index (χ0) is 79.8. The van der Waals surface area contributed by atoms with Gasteiger partial charge in [-0.1, -0.05) is 114 Å². The monoisotopic (exact) mass is 1520 g/mol. The summed E-state index contributed by atoms with van der Waals surface area (Å²) in [7, 11) is 0. The predicted octanol–water partition coefficient (Wildman–Crippen LogP) is 14.6. The van der Waals surface area contributed by atoms with Gasteiger partial charge in [0.2, 0.25) is 0 Å². The molecular weight excluding hydrogens is 1420 g/mol. The van der Waals surface area contributed by atoms with E-state index in [1.54, 1.807) is 70.5 Å². The number of likely N-dealkylation sites (tertiary alicyclic amines) is 3. The number of imidazole rings is 3. The first kappa shape index (κ1) is 79.4. The van der Waals surface area contributed by atoms with E-state index in [-0.39, 0.29) is 52.3 Å². The largest absolute Gasteiger partial charge is 0.507 e. The van der Waals surface area contributed by atoms with Crippen molar-refractivity contribution in [2.75, 3.05) is 19.6 Å². The van der Waals surface area contributed by atoms with Gasteiger partial charge in [0, 0.05) is 119 Å². The van der Waals surface area contributed by atoms with Crippen molar-refractivity contribution in [3.63, 3.8) is 0 Å². The van der Waals surface area contributed by atoms with Crippen molar-refractivity contribution < 1.29 is 68.2 Å². The fourth-order valence-corrected chi connectivity index (χ4v) is 15.3. The predicted molar refractivity (Wildman–Crippen MR) is 423 cm³/mol. The summed E-state index contributed by atoms with van der Waals surface area (Å²) in [6, 6.07) is 38.2. The van der Waals surface area contributed by atoms with Crippen LogP contribution in [0.15, 0.2) is 200 Å². The molecule has 6 atom stereocenters.